The zero-order valence-corrected chi connectivity index (χ0v) is 18.2. The molecule has 0 unspecified atom stereocenters. The smallest absolute Gasteiger partial charge is 0.336 e. The lowest BCUT2D eigenvalue weighted by Crippen LogP contribution is -2.49. The molecule has 2 aliphatic heterocycles. The summed E-state index contributed by atoms with van der Waals surface area (Å²) in [5.74, 6) is 1.24. The third kappa shape index (κ3) is 3.75. The van der Waals surface area contributed by atoms with E-state index in [-0.39, 0.29) is 18.1 Å². The van der Waals surface area contributed by atoms with E-state index in [1.165, 1.54) is 6.07 Å². The number of carbonyl (C=O) groups excluding carboxylic acids is 1. The van der Waals surface area contributed by atoms with Gasteiger partial charge in [-0.1, -0.05) is 0 Å². The Morgan fingerprint density at radius 2 is 2.03 bits per heavy atom. The molecule has 0 N–H and O–H groups in total. The summed E-state index contributed by atoms with van der Waals surface area (Å²) in [4.78, 5) is 35.1. The zero-order valence-electron chi connectivity index (χ0n) is 18.2. The average Bonchev–Trinajstić information content (AvgIpc) is 2.79. The minimum absolute atomic E-state index is 0.0486. The minimum atomic E-state index is -0.432. The SMILES string of the molecule is Cc1ncc2c(n1)C1(CCN(C(=O)COc3ccc4oc(=O)cc(C)c4c3)CC1)OCC2. The maximum Gasteiger partial charge on any atom is 0.336 e. The first-order valence-electron chi connectivity index (χ1n) is 10.9. The van der Waals surface area contributed by atoms with Crippen molar-refractivity contribution in [1.29, 1.82) is 0 Å². The van der Waals surface area contributed by atoms with Crippen LogP contribution in [0.3, 0.4) is 0 Å². The van der Waals surface area contributed by atoms with Crippen molar-refractivity contribution in [2.45, 2.75) is 38.7 Å². The molecule has 0 aliphatic carbocycles. The van der Waals surface area contributed by atoms with Crippen LogP contribution in [0, 0.1) is 13.8 Å². The quantitative estimate of drug-likeness (QED) is 0.584. The Morgan fingerprint density at radius 1 is 1.22 bits per heavy atom. The number of hydrogen-bond acceptors (Lipinski definition) is 7. The number of fused-ring (bicyclic) bond motifs is 3. The summed E-state index contributed by atoms with van der Waals surface area (Å²) in [6.45, 7) is 5.51. The van der Waals surface area contributed by atoms with Crippen molar-refractivity contribution >= 4 is 16.9 Å². The molecule has 1 fully saturated rings. The second-order valence-electron chi connectivity index (χ2n) is 8.46. The predicted octanol–water partition coefficient (Wildman–Crippen LogP) is 2.67. The lowest BCUT2D eigenvalue weighted by molar-refractivity contribution is -0.143. The van der Waals surface area contributed by atoms with Crippen LogP contribution in [0.15, 0.2) is 39.7 Å². The van der Waals surface area contributed by atoms with E-state index in [0.717, 1.165) is 34.5 Å². The number of rotatable bonds is 3. The van der Waals surface area contributed by atoms with Gasteiger partial charge in [-0.2, -0.15) is 0 Å². The third-order valence-electron chi connectivity index (χ3n) is 6.37. The fraction of sp³-hybridized carbons (Fsp3) is 0.417. The van der Waals surface area contributed by atoms with Crippen LogP contribution in [0.25, 0.3) is 11.0 Å². The summed E-state index contributed by atoms with van der Waals surface area (Å²) in [5.41, 5.74) is 2.62. The van der Waals surface area contributed by atoms with Crippen LogP contribution < -0.4 is 10.4 Å². The predicted molar refractivity (Wildman–Crippen MR) is 117 cm³/mol. The molecule has 5 rings (SSSR count). The highest BCUT2D eigenvalue weighted by Crippen LogP contribution is 2.40. The van der Waals surface area contributed by atoms with Crippen LogP contribution in [0.1, 0.15) is 35.5 Å². The van der Waals surface area contributed by atoms with Crippen molar-refractivity contribution in [2.75, 3.05) is 26.3 Å². The Bertz CT molecular complexity index is 1240. The lowest BCUT2D eigenvalue weighted by Gasteiger charge is -2.44. The minimum Gasteiger partial charge on any atom is -0.484 e. The van der Waals surface area contributed by atoms with E-state index in [0.29, 0.717) is 43.9 Å². The van der Waals surface area contributed by atoms with E-state index in [1.54, 1.807) is 18.2 Å². The molecule has 166 valence electrons. The maximum atomic E-state index is 12.8. The second kappa shape index (κ2) is 8.02. The number of hydrogen-bond donors (Lipinski definition) is 0. The van der Waals surface area contributed by atoms with Crippen molar-refractivity contribution in [2.24, 2.45) is 0 Å². The number of amides is 1. The molecule has 0 saturated carbocycles. The van der Waals surface area contributed by atoms with Gasteiger partial charge in [0.1, 0.15) is 22.8 Å². The maximum absolute atomic E-state index is 12.8. The van der Waals surface area contributed by atoms with Gasteiger partial charge in [0, 0.05) is 30.7 Å². The molecule has 2 aromatic heterocycles. The first kappa shape index (κ1) is 20.6. The molecule has 0 bridgehead atoms. The number of aryl methyl sites for hydroxylation is 2. The Labute approximate surface area is 185 Å². The fourth-order valence-corrected chi connectivity index (χ4v) is 4.62. The van der Waals surface area contributed by atoms with Crippen LogP contribution in [0.2, 0.25) is 0 Å². The van der Waals surface area contributed by atoms with Gasteiger partial charge in [0.05, 0.1) is 12.3 Å². The average molecular weight is 435 g/mol. The number of ether oxygens (including phenoxy) is 2. The van der Waals surface area contributed by atoms with Gasteiger partial charge in [0.2, 0.25) is 0 Å². The van der Waals surface area contributed by atoms with Crippen LogP contribution in [-0.2, 0) is 21.6 Å². The summed E-state index contributed by atoms with van der Waals surface area (Å²) < 4.78 is 17.2. The van der Waals surface area contributed by atoms with E-state index in [9.17, 15) is 9.59 Å². The summed E-state index contributed by atoms with van der Waals surface area (Å²) in [6, 6.07) is 6.63. The van der Waals surface area contributed by atoms with E-state index in [2.05, 4.69) is 9.97 Å². The van der Waals surface area contributed by atoms with E-state index in [1.807, 2.05) is 24.9 Å². The van der Waals surface area contributed by atoms with Gasteiger partial charge < -0.3 is 18.8 Å². The fourth-order valence-electron chi connectivity index (χ4n) is 4.62. The molecule has 0 atom stereocenters. The number of piperidine rings is 1. The monoisotopic (exact) mass is 435 g/mol. The molecule has 1 spiro atoms. The van der Waals surface area contributed by atoms with Gasteiger partial charge in [-0.3, -0.25) is 4.79 Å². The van der Waals surface area contributed by atoms with Crippen molar-refractivity contribution in [3.63, 3.8) is 0 Å². The molecule has 8 heteroatoms. The Balaban J connectivity index is 1.24. The standard InChI is InChI=1S/C24H25N3O5/c1-15-11-22(29)32-20-4-3-18(12-19(15)20)30-14-21(28)27-8-6-24(7-9-27)23-17(5-10-31-24)13-25-16(2)26-23/h3-4,11-13H,5-10,14H2,1-2H3. The van der Waals surface area contributed by atoms with Crippen LogP contribution in [0.5, 0.6) is 5.75 Å². The largest absolute Gasteiger partial charge is 0.484 e. The number of carbonyl (C=O) groups is 1. The molecule has 32 heavy (non-hydrogen) atoms. The number of likely N-dealkylation sites (tertiary alicyclic amines) is 1. The highest BCUT2D eigenvalue weighted by molar-refractivity contribution is 5.82. The highest BCUT2D eigenvalue weighted by Gasteiger charge is 2.43. The summed E-state index contributed by atoms with van der Waals surface area (Å²) in [5, 5.41) is 0.792. The summed E-state index contributed by atoms with van der Waals surface area (Å²) in [7, 11) is 0. The van der Waals surface area contributed by atoms with Gasteiger partial charge >= 0.3 is 5.63 Å². The molecule has 3 aromatic rings. The van der Waals surface area contributed by atoms with Crippen LogP contribution in [0.4, 0.5) is 0 Å². The van der Waals surface area contributed by atoms with Crippen LogP contribution >= 0.6 is 0 Å². The van der Waals surface area contributed by atoms with Gasteiger partial charge in [-0.25, -0.2) is 14.8 Å². The molecular weight excluding hydrogens is 410 g/mol. The van der Waals surface area contributed by atoms with Gasteiger partial charge in [0.15, 0.2) is 6.61 Å². The van der Waals surface area contributed by atoms with Gasteiger partial charge in [0.25, 0.3) is 5.91 Å². The van der Waals surface area contributed by atoms with Crippen molar-refractivity contribution in [3.8, 4) is 5.75 Å². The number of nitrogens with zero attached hydrogens (tertiary/aromatic N) is 3. The molecule has 1 aromatic carbocycles. The van der Waals surface area contributed by atoms with Gasteiger partial charge in [-0.05, 0) is 62.4 Å². The Hall–Kier alpha value is -3.26. The normalized spacial score (nSPS) is 17.4. The van der Waals surface area contributed by atoms with E-state index >= 15 is 0 Å². The molecule has 2 aliphatic rings. The van der Waals surface area contributed by atoms with E-state index < -0.39 is 5.60 Å². The van der Waals surface area contributed by atoms with Crippen molar-refractivity contribution in [1.82, 2.24) is 14.9 Å². The van der Waals surface area contributed by atoms with Crippen molar-refractivity contribution in [3.05, 3.63) is 63.5 Å². The Kier molecular flexibility index (Phi) is 5.17. The summed E-state index contributed by atoms with van der Waals surface area (Å²) in [6.07, 6.45) is 4.14. The first-order chi connectivity index (χ1) is 15.4. The number of benzene rings is 1. The zero-order chi connectivity index (χ0) is 22.3. The molecule has 4 heterocycles. The molecule has 1 saturated heterocycles. The summed E-state index contributed by atoms with van der Waals surface area (Å²) >= 11 is 0. The van der Waals surface area contributed by atoms with Crippen molar-refractivity contribution < 1.29 is 18.7 Å². The number of aromatic nitrogens is 2. The highest BCUT2D eigenvalue weighted by atomic mass is 16.5. The topological polar surface area (TPSA) is 94.8 Å². The lowest BCUT2D eigenvalue weighted by atomic mass is 9.83. The Morgan fingerprint density at radius 3 is 2.84 bits per heavy atom. The third-order valence-corrected chi connectivity index (χ3v) is 6.37. The van der Waals surface area contributed by atoms with Crippen LogP contribution in [-0.4, -0.2) is 47.1 Å². The first-order valence-corrected chi connectivity index (χ1v) is 10.9. The molecular formula is C24H25N3O5. The molecule has 0 radical (unpaired) electrons. The second-order valence-corrected chi connectivity index (χ2v) is 8.46. The molecule has 8 nitrogen and oxygen atoms in total. The van der Waals surface area contributed by atoms with E-state index in [4.69, 9.17) is 13.9 Å². The molecule has 1 amide bonds. The van der Waals surface area contributed by atoms with Gasteiger partial charge in [-0.15, -0.1) is 0 Å².